The first-order valence-electron chi connectivity index (χ1n) is 4.76. The summed E-state index contributed by atoms with van der Waals surface area (Å²) >= 11 is 0. The highest BCUT2D eigenvalue weighted by Crippen LogP contribution is 2.28. The first-order valence-corrected chi connectivity index (χ1v) is 4.76. The Hall–Kier alpha value is -2.22. The van der Waals surface area contributed by atoms with Crippen LogP contribution in [0.5, 0.6) is 0 Å². The average molecular weight is 219 g/mol. The lowest BCUT2D eigenvalue weighted by Crippen LogP contribution is -2.01. The number of nitrogen functional groups attached to an aromatic ring is 2. The quantitative estimate of drug-likeness (QED) is 0.325. The minimum atomic E-state index is -0.563. The molecule has 0 fully saturated rings. The second-order valence-electron chi connectivity index (χ2n) is 3.68. The highest BCUT2D eigenvalue weighted by Gasteiger charge is 2.14. The fourth-order valence-corrected chi connectivity index (χ4v) is 1.11. The Morgan fingerprint density at radius 3 is 2.50 bits per heavy atom. The van der Waals surface area contributed by atoms with Gasteiger partial charge in [-0.05, 0) is 6.07 Å². The topological polar surface area (TPSA) is 95.2 Å². The Labute approximate surface area is 93.6 Å². The third-order valence-corrected chi connectivity index (χ3v) is 1.89. The summed E-state index contributed by atoms with van der Waals surface area (Å²) < 4.78 is 0. The van der Waals surface area contributed by atoms with E-state index in [4.69, 9.17) is 11.5 Å². The second-order valence-corrected chi connectivity index (χ2v) is 3.68. The molecule has 0 amide bonds. The first-order chi connectivity index (χ1) is 7.41. The van der Waals surface area contributed by atoms with Gasteiger partial charge in [0.05, 0.1) is 10.6 Å². The van der Waals surface area contributed by atoms with Crippen molar-refractivity contribution in [3.05, 3.63) is 27.8 Å². The average Bonchev–Trinajstić information content (AvgIpc) is 2.19. The van der Waals surface area contributed by atoms with Crippen molar-refractivity contribution in [1.82, 2.24) is 0 Å². The summed E-state index contributed by atoms with van der Waals surface area (Å²) in [7, 11) is 0. The molecule has 0 aliphatic rings. The van der Waals surface area contributed by atoms with Gasteiger partial charge in [-0.3, -0.25) is 10.1 Å². The molecule has 0 heterocycles. The Balaban J connectivity index is 3.26. The van der Waals surface area contributed by atoms with Gasteiger partial charge in [0.15, 0.2) is 0 Å². The molecule has 0 radical (unpaired) electrons. The van der Waals surface area contributed by atoms with Crippen molar-refractivity contribution < 1.29 is 4.92 Å². The number of anilines is 2. The molecule has 1 aromatic carbocycles. The van der Waals surface area contributed by atoms with Crippen LogP contribution in [0.2, 0.25) is 0 Å². The molecule has 0 unspecified atom stereocenters. The Bertz CT molecular complexity index is 484. The van der Waals surface area contributed by atoms with Crippen molar-refractivity contribution in [1.29, 1.82) is 0 Å². The lowest BCUT2D eigenvalue weighted by atomic mass is 10.1. The van der Waals surface area contributed by atoms with Gasteiger partial charge in [0.1, 0.15) is 5.69 Å². The van der Waals surface area contributed by atoms with Crippen molar-refractivity contribution in [3.63, 3.8) is 0 Å². The summed E-state index contributed by atoms with van der Waals surface area (Å²) in [6.07, 6.45) is 0. The zero-order chi connectivity index (χ0) is 12.3. The fourth-order valence-electron chi connectivity index (χ4n) is 1.11. The van der Waals surface area contributed by atoms with Crippen LogP contribution in [0.4, 0.5) is 17.1 Å². The number of hydrogen-bond donors (Lipinski definition) is 2. The molecule has 0 saturated heterocycles. The van der Waals surface area contributed by atoms with Crippen molar-refractivity contribution in [2.24, 2.45) is 5.92 Å². The molecule has 5 heteroatoms. The Kier molecular flexibility index (Phi) is 3.36. The number of benzene rings is 1. The van der Waals surface area contributed by atoms with Gasteiger partial charge in [0.25, 0.3) is 5.69 Å². The monoisotopic (exact) mass is 219 g/mol. The van der Waals surface area contributed by atoms with Gasteiger partial charge in [-0.1, -0.05) is 25.7 Å². The summed E-state index contributed by atoms with van der Waals surface area (Å²) in [6.45, 7) is 3.87. The van der Waals surface area contributed by atoms with Gasteiger partial charge in [-0.2, -0.15) is 0 Å². The molecule has 1 aromatic rings. The molecule has 0 aliphatic carbocycles. The van der Waals surface area contributed by atoms with E-state index < -0.39 is 4.92 Å². The van der Waals surface area contributed by atoms with E-state index in [1.54, 1.807) is 0 Å². The summed E-state index contributed by atoms with van der Waals surface area (Å²) in [4.78, 5) is 10.1. The van der Waals surface area contributed by atoms with E-state index in [1.165, 1.54) is 12.1 Å². The number of nitro benzene ring substituents is 1. The zero-order valence-electron chi connectivity index (χ0n) is 9.15. The van der Waals surface area contributed by atoms with Gasteiger partial charge in [0.2, 0.25) is 0 Å². The third-order valence-electron chi connectivity index (χ3n) is 1.89. The molecule has 16 heavy (non-hydrogen) atoms. The molecule has 0 saturated carbocycles. The van der Waals surface area contributed by atoms with E-state index >= 15 is 0 Å². The van der Waals surface area contributed by atoms with Gasteiger partial charge < -0.3 is 11.5 Å². The van der Waals surface area contributed by atoms with Crippen LogP contribution >= 0.6 is 0 Å². The number of hydrogen-bond acceptors (Lipinski definition) is 4. The minimum absolute atomic E-state index is 0.0138. The molecule has 5 nitrogen and oxygen atoms in total. The molecular formula is C11H13N3O2. The molecule has 84 valence electrons. The van der Waals surface area contributed by atoms with Crippen LogP contribution in [0, 0.1) is 27.9 Å². The summed E-state index contributed by atoms with van der Waals surface area (Å²) in [6, 6.07) is 2.87. The van der Waals surface area contributed by atoms with E-state index in [9.17, 15) is 10.1 Å². The predicted octanol–water partition coefficient (Wildman–Crippen LogP) is 1.77. The number of rotatable bonds is 1. The summed E-state index contributed by atoms with van der Waals surface area (Å²) in [5.41, 5.74) is 11.5. The van der Waals surface area contributed by atoms with E-state index in [0.29, 0.717) is 5.56 Å². The molecule has 0 bridgehead atoms. The van der Waals surface area contributed by atoms with E-state index in [2.05, 4.69) is 11.8 Å². The maximum Gasteiger partial charge on any atom is 0.295 e. The molecular weight excluding hydrogens is 206 g/mol. The highest BCUT2D eigenvalue weighted by atomic mass is 16.6. The van der Waals surface area contributed by atoms with Crippen LogP contribution in [0.25, 0.3) is 0 Å². The predicted molar refractivity (Wildman–Crippen MR) is 63.6 cm³/mol. The molecule has 4 N–H and O–H groups in total. The SMILES string of the molecule is CC(C)C#Cc1cc(N)c(N)c([N+](=O)[O-])c1. The molecule has 1 rings (SSSR count). The Morgan fingerprint density at radius 2 is 2.00 bits per heavy atom. The van der Waals surface area contributed by atoms with Gasteiger partial charge in [0, 0.05) is 17.5 Å². The standard InChI is InChI=1S/C11H13N3O2/c1-7(2)3-4-8-5-9(12)11(13)10(6-8)14(15)16/h5-7H,12-13H2,1-2H3. The van der Waals surface area contributed by atoms with Gasteiger partial charge >= 0.3 is 0 Å². The lowest BCUT2D eigenvalue weighted by molar-refractivity contribution is -0.383. The van der Waals surface area contributed by atoms with E-state index in [1.807, 2.05) is 13.8 Å². The van der Waals surface area contributed by atoms with Crippen LogP contribution in [-0.2, 0) is 0 Å². The molecule has 0 atom stereocenters. The molecule has 0 aromatic heterocycles. The van der Waals surface area contributed by atoms with Gasteiger partial charge in [-0.15, -0.1) is 0 Å². The largest absolute Gasteiger partial charge is 0.397 e. The summed E-state index contributed by atoms with van der Waals surface area (Å²) in [5, 5.41) is 10.7. The van der Waals surface area contributed by atoms with Crippen molar-refractivity contribution >= 4 is 17.1 Å². The van der Waals surface area contributed by atoms with Crippen LogP contribution in [0.1, 0.15) is 19.4 Å². The van der Waals surface area contributed by atoms with Crippen molar-refractivity contribution in [2.75, 3.05) is 11.5 Å². The number of nitro groups is 1. The first kappa shape index (κ1) is 11.9. The van der Waals surface area contributed by atoms with Crippen molar-refractivity contribution in [2.45, 2.75) is 13.8 Å². The zero-order valence-corrected chi connectivity index (χ0v) is 9.15. The molecule has 0 aliphatic heterocycles. The van der Waals surface area contributed by atoms with Crippen LogP contribution in [0.3, 0.4) is 0 Å². The van der Waals surface area contributed by atoms with Crippen LogP contribution in [0.15, 0.2) is 12.1 Å². The van der Waals surface area contributed by atoms with Crippen LogP contribution < -0.4 is 11.5 Å². The minimum Gasteiger partial charge on any atom is -0.397 e. The normalized spacial score (nSPS) is 9.69. The molecule has 0 spiro atoms. The second kappa shape index (κ2) is 4.53. The number of nitrogens with two attached hydrogens (primary N) is 2. The number of nitrogens with zero attached hydrogens (tertiary/aromatic N) is 1. The lowest BCUT2D eigenvalue weighted by Gasteiger charge is -2.02. The van der Waals surface area contributed by atoms with Crippen LogP contribution in [-0.4, -0.2) is 4.92 Å². The van der Waals surface area contributed by atoms with E-state index in [0.717, 1.165) is 0 Å². The highest BCUT2D eigenvalue weighted by molar-refractivity contribution is 5.76. The maximum absolute atomic E-state index is 10.7. The fraction of sp³-hybridized carbons (Fsp3) is 0.273. The van der Waals surface area contributed by atoms with Gasteiger partial charge in [-0.25, -0.2) is 0 Å². The maximum atomic E-state index is 10.7. The van der Waals surface area contributed by atoms with E-state index in [-0.39, 0.29) is 23.0 Å². The third kappa shape index (κ3) is 2.64. The Morgan fingerprint density at radius 1 is 1.38 bits per heavy atom. The smallest absolute Gasteiger partial charge is 0.295 e. The van der Waals surface area contributed by atoms with Crippen molar-refractivity contribution in [3.8, 4) is 11.8 Å². The summed E-state index contributed by atoms with van der Waals surface area (Å²) in [5.74, 6) is 5.92.